The molecule has 1 amide bonds. The summed E-state index contributed by atoms with van der Waals surface area (Å²) in [6.07, 6.45) is 0.694. The van der Waals surface area contributed by atoms with E-state index in [2.05, 4.69) is 0 Å². The SMILES string of the molecule is COC(=O)c1ccc(N2C(=O)C(=O)/C(=C(\O)c3ccc4c(c3)CCO4)C2c2ccc(OC)cc2)cc1. The topological polar surface area (TPSA) is 102 Å². The lowest BCUT2D eigenvalue weighted by Crippen LogP contribution is -2.29. The molecule has 0 aromatic heterocycles. The molecule has 182 valence electrons. The van der Waals surface area contributed by atoms with Crippen molar-refractivity contribution in [3.05, 3.63) is 94.6 Å². The number of esters is 1. The van der Waals surface area contributed by atoms with Crippen molar-refractivity contribution in [2.24, 2.45) is 0 Å². The molecule has 0 bridgehead atoms. The Kier molecular flexibility index (Phi) is 5.93. The van der Waals surface area contributed by atoms with Gasteiger partial charge >= 0.3 is 5.97 Å². The quantitative estimate of drug-likeness (QED) is 0.252. The molecule has 1 N–H and O–H groups in total. The summed E-state index contributed by atoms with van der Waals surface area (Å²) in [4.78, 5) is 39.8. The summed E-state index contributed by atoms with van der Waals surface area (Å²) in [5, 5.41) is 11.3. The van der Waals surface area contributed by atoms with Crippen LogP contribution in [0.3, 0.4) is 0 Å². The molecule has 3 aromatic rings. The van der Waals surface area contributed by atoms with Crippen molar-refractivity contribution in [3.63, 3.8) is 0 Å². The van der Waals surface area contributed by atoms with Crippen LogP contribution in [-0.4, -0.2) is 43.6 Å². The number of fused-ring (bicyclic) bond motifs is 1. The van der Waals surface area contributed by atoms with Crippen LogP contribution in [0.5, 0.6) is 11.5 Å². The number of hydrogen-bond donors (Lipinski definition) is 1. The van der Waals surface area contributed by atoms with E-state index in [-0.39, 0.29) is 11.3 Å². The number of aliphatic hydroxyl groups is 1. The highest BCUT2D eigenvalue weighted by Gasteiger charge is 2.47. The highest BCUT2D eigenvalue weighted by atomic mass is 16.5. The van der Waals surface area contributed by atoms with Crippen LogP contribution in [0.2, 0.25) is 0 Å². The van der Waals surface area contributed by atoms with Crippen molar-refractivity contribution in [3.8, 4) is 11.5 Å². The van der Waals surface area contributed by atoms with Crippen LogP contribution < -0.4 is 14.4 Å². The highest BCUT2D eigenvalue weighted by molar-refractivity contribution is 6.51. The molecule has 0 aliphatic carbocycles. The Labute approximate surface area is 207 Å². The molecule has 8 nitrogen and oxygen atoms in total. The zero-order valence-electron chi connectivity index (χ0n) is 19.7. The number of carbonyl (C=O) groups excluding carboxylic acids is 3. The number of rotatable bonds is 5. The van der Waals surface area contributed by atoms with Crippen molar-refractivity contribution >= 4 is 29.1 Å². The zero-order chi connectivity index (χ0) is 25.4. The predicted molar refractivity (Wildman–Crippen MR) is 131 cm³/mol. The summed E-state index contributed by atoms with van der Waals surface area (Å²) in [6, 6.07) is 17.4. The van der Waals surface area contributed by atoms with Gasteiger partial charge in [0.15, 0.2) is 0 Å². The van der Waals surface area contributed by atoms with Gasteiger partial charge in [0.25, 0.3) is 11.7 Å². The molecule has 0 saturated carbocycles. The molecule has 2 aliphatic heterocycles. The number of methoxy groups -OCH3 is 2. The monoisotopic (exact) mass is 485 g/mol. The molecule has 0 radical (unpaired) electrons. The number of amides is 1. The van der Waals surface area contributed by atoms with Crippen molar-refractivity contribution in [2.75, 3.05) is 25.7 Å². The van der Waals surface area contributed by atoms with Crippen LogP contribution in [0.4, 0.5) is 5.69 Å². The van der Waals surface area contributed by atoms with Gasteiger partial charge in [0.1, 0.15) is 17.3 Å². The minimum Gasteiger partial charge on any atom is -0.507 e. The van der Waals surface area contributed by atoms with Gasteiger partial charge in [0, 0.05) is 17.7 Å². The first kappa shape index (κ1) is 23.2. The van der Waals surface area contributed by atoms with E-state index < -0.39 is 23.7 Å². The lowest BCUT2D eigenvalue weighted by molar-refractivity contribution is -0.132. The number of aliphatic hydroxyl groups excluding tert-OH is 1. The van der Waals surface area contributed by atoms with Gasteiger partial charge in [-0.15, -0.1) is 0 Å². The second-order valence-electron chi connectivity index (χ2n) is 8.40. The van der Waals surface area contributed by atoms with Crippen molar-refractivity contribution < 1.29 is 33.7 Å². The first-order valence-corrected chi connectivity index (χ1v) is 11.3. The maximum absolute atomic E-state index is 13.3. The molecular formula is C28H23NO7. The zero-order valence-corrected chi connectivity index (χ0v) is 19.7. The van der Waals surface area contributed by atoms with Crippen LogP contribution >= 0.6 is 0 Å². The van der Waals surface area contributed by atoms with Gasteiger partial charge in [-0.2, -0.15) is 0 Å². The number of benzene rings is 3. The maximum Gasteiger partial charge on any atom is 0.337 e. The molecule has 1 unspecified atom stereocenters. The van der Waals surface area contributed by atoms with E-state index in [4.69, 9.17) is 14.2 Å². The third kappa shape index (κ3) is 3.86. The van der Waals surface area contributed by atoms with Gasteiger partial charge in [-0.25, -0.2) is 4.79 Å². The van der Waals surface area contributed by atoms with Gasteiger partial charge in [-0.05, 0) is 65.7 Å². The Morgan fingerprint density at radius 1 is 0.972 bits per heavy atom. The van der Waals surface area contributed by atoms with Gasteiger partial charge in [0.2, 0.25) is 0 Å². The minimum atomic E-state index is -0.899. The molecule has 3 aromatic carbocycles. The predicted octanol–water partition coefficient (Wildman–Crippen LogP) is 4.04. The van der Waals surface area contributed by atoms with Gasteiger partial charge < -0.3 is 19.3 Å². The summed E-state index contributed by atoms with van der Waals surface area (Å²) in [5.74, 6) is -1.02. The van der Waals surface area contributed by atoms with E-state index in [0.717, 1.165) is 11.3 Å². The minimum absolute atomic E-state index is 0.0268. The smallest absolute Gasteiger partial charge is 0.337 e. The largest absolute Gasteiger partial charge is 0.507 e. The van der Waals surface area contributed by atoms with E-state index in [1.165, 1.54) is 24.1 Å². The Hall–Kier alpha value is -4.59. The lowest BCUT2D eigenvalue weighted by Gasteiger charge is -2.25. The Balaban J connectivity index is 1.65. The third-order valence-corrected chi connectivity index (χ3v) is 6.41. The summed E-state index contributed by atoms with van der Waals surface area (Å²) in [6.45, 7) is 0.553. The molecule has 2 heterocycles. The Bertz CT molecular complexity index is 1390. The third-order valence-electron chi connectivity index (χ3n) is 6.41. The average Bonchev–Trinajstić information content (AvgIpc) is 3.49. The van der Waals surface area contributed by atoms with Crippen molar-refractivity contribution in [1.82, 2.24) is 0 Å². The second-order valence-corrected chi connectivity index (χ2v) is 8.40. The highest BCUT2D eigenvalue weighted by Crippen LogP contribution is 2.43. The van der Waals surface area contributed by atoms with Gasteiger partial charge in [0.05, 0.1) is 38.0 Å². The number of carbonyl (C=O) groups is 3. The number of hydrogen-bond acceptors (Lipinski definition) is 7. The lowest BCUT2D eigenvalue weighted by atomic mass is 9.94. The van der Waals surface area contributed by atoms with Crippen molar-refractivity contribution in [1.29, 1.82) is 0 Å². The van der Waals surface area contributed by atoms with Crippen LogP contribution in [0.15, 0.2) is 72.3 Å². The molecule has 2 aliphatic rings. The number of nitrogens with zero attached hydrogens (tertiary/aromatic N) is 1. The number of anilines is 1. The van der Waals surface area contributed by atoms with Gasteiger partial charge in [-0.1, -0.05) is 12.1 Å². The van der Waals surface area contributed by atoms with E-state index in [1.807, 2.05) is 0 Å². The van der Waals surface area contributed by atoms with E-state index in [9.17, 15) is 19.5 Å². The first-order chi connectivity index (χ1) is 17.4. The summed E-state index contributed by atoms with van der Waals surface area (Å²) in [7, 11) is 2.82. The van der Waals surface area contributed by atoms with Crippen LogP contribution in [0.1, 0.15) is 33.1 Å². The fourth-order valence-corrected chi connectivity index (χ4v) is 4.57. The van der Waals surface area contributed by atoms with E-state index >= 15 is 0 Å². The summed E-state index contributed by atoms with van der Waals surface area (Å²) in [5.41, 5.74) is 2.63. The van der Waals surface area contributed by atoms with E-state index in [0.29, 0.717) is 41.2 Å². The molecule has 5 rings (SSSR count). The normalized spacial score (nSPS) is 18.1. The summed E-state index contributed by atoms with van der Waals surface area (Å²) >= 11 is 0. The van der Waals surface area contributed by atoms with Crippen LogP contribution in [0.25, 0.3) is 5.76 Å². The number of ether oxygens (including phenoxy) is 3. The van der Waals surface area contributed by atoms with Crippen LogP contribution in [0, 0.1) is 0 Å². The average molecular weight is 485 g/mol. The molecular weight excluding hydrogens is 462 g/mol. The first-order valence-electron chi connectivity index (χ1n) is 11.3. The van der Waals surface area contributed by atoms with Crippen LogP contribution in [-0.2, 0) is 20.7 Å². The molecule has 8 heteroatoms. The number of ketones is 1. The molecule has 1 saturated heterocycles. The fraction of sp³-hybridized carbons (Fsp3) is 0.179. The molecule has 1 atom stereocenters. The van der Waals surface area contributed by atoms with Crippen molar-refractivity contribution in [2.45, 2.75) is 12.5 Å². The molecule has 36 heavy (non-hydrogen) atoms. The standard InChI is InChI=1S/C28H23NO7/c1-34-21-10-5-16(6-11-21)24-23(25(30)19-7-12-22-18(15-19)13-14-36-22)26(31)27(32)29(24)20-8-3-17(4-9-20)28(33)35-2/h3-12,15,24,30H,13-14H2,1-2H3/b25-23-. The second kappa shape index (κ2) is 9.22. The van der Waals surface area contributed by atoms with E-state index in [1.54, 1.807) is 61.7 Å². The fourth-order valence-electron chi connectivity index (χ4n) is 4.57. The summed E-state index contributed by atoms with van der Waals surface area (Å²) < 4.78 is 15.5. The number of Topliss-reactive ketones (excluding diaryl/α,β-unsaturated/α-hetero) is 1. The molecule has 1 fully saturated rings. The Morgan fingerprint density at radius 2 is 1.67 bits per heavy atom. The maximum atomic E-state index is 13.3. The van der Waals surface area contributed by atoms with Gasteiger partial charge in [-0.3, -0.25) is 14.5 Å². The Morgan fingerprint density at radius 3 is 2.33 bits per heavy atom. The molecule has 0 spiro atoms.